The molecule has 6 heteroatoms. The number of rotatable bonds is 4. The van der Waals surface area contributed by atoms with Gasteiger partial charge in [0.1, 0.15) is 10.3 Å². The zero-order valence-corrected chi connectivity index (χ0v) is 12.2. The van der Waals surface area contributed by atoms with E-state index in [-0.39, 0.29) is 21.0 Å². The molecule has 1 heterocycles. The number of thioether (sulfide) groups is 1. The third-order valence-electron chi connectivity index (χ3n) is 2.29. The minimum Gasteiger partial charge on any atom is -0.351 e. The molecule has 0 radical (unpaired) electrons. The summed E-state index contributed by atoms with van der Waals surface area (Å²) in [6.07, 6.45) is 2.00. The Labute approximate surface area is 115 Å². The van der Waals surface area contributed by atoms with Crippen molar-refractivity contribution < 1.29 is 4.79 Å². The molecule has 1 N–H and O–H groups in total. The lowest BCUT2D eigenvalue weighted by Gasteiger charge is -2.22. The molecule has 94 valence electrons. The average Bonchev–Trinajstić information content (AvgIpc) is 2.26. The molecule has 0 aliphatic rings. The predicted octanol–water partition coefficient (Wildman–Crippen LogP) is 3.26. The van der Waals surface area contributed by atoms with E-state index in [9.17, 15) is 4.79 Å². The van der Waals surface area contributed by atoms with Gasteiger partial charge in [0.25, 0.3) is 5.91 Å². The van der Waals surface area contributed by atoms with Gasteiger partial charge in [0, 0.05) is 11.3 Å². The Bertz CT molecular complexity index is 424. The molecule has 3 nitrogen and oxygen atoms in total. The van der Waals surface area contributed by atoms with Crippen LogP contribution in [0.5, 0.6) is 0 Å². The minimum atomic E-state index is -0.235. The molecule has 17 heavy (non-hydrogen) atoms. The number of amides is 1. The number of aromatic nitrogens is 1. The van der Waals surface area contributed by atoms with E-state index in [2.05, 4.69) is 24.1 Å². The Kier molecular flexibility index (Phi) is 5.10. The fourth-order valence-corrected chi connectivity index (χ4v) is 1.69. The van der Waals surface area contributed by atoms with Crippen LogP contribution in [0.1, 0.15) is 24.2 Å². The van der Waals surface area contributed by atoms with Crippen molar-refractivity contribution in [3.05, 3.63) is 28.0 Å². The first-order chi connectivity index (χ1) is 7.85. The highest BCUT2D eigenvalue weighted by atomic mass is 35.5. The van der Waals surface area contributed by atoms with Gasteiger partial charge in [-0.15, -0.1) is 0 Å². The molecule has 0 aliphatic heterocycles. The number of halogens is 2. The Morgan fingerprint density at radius 2 is 2.12 bits per heavy atom. The van der Waals surface area contributed by atoms with Gasteiger partial charge in [-0.3, -0.25) is 4.79 Å². The molecule has 0 aliphatic carbocycles. The highest BCUT2D eigenvalue weighted by Crippen LogP contribution is 2.20. The molecular weight excluding hydrogens is 279 g/mol. The van der Waals surface area contributed by atoms with Crippen molar-refractivity contribution in [1.29, 1.82) is 0 Å². The second-order valence-electron chi connectivity index (χ2n) is 4.12. The van der Waals surface area contributed by atoms with Crippen LogP contribution in [0, 0.1) is 0 Å². The van der Waals surface area contributed by atoms with Crippen LogP contribution in [0.3, 0.4) is 0 Å². The molecule has 1 aromatic heterocycles. The number of carbonyl (C=O) groups is 1. The first-order valence-electron chi connectivity index (χ1n) is 5.01. The van der Waals surface area contributed by atoms with Crippen LogP contribution in [0.15, 0.2) is 12.1 Å². The summed E-state index contributed by atoms with van der Waals surface area (Å²) >= 11 is 13.2. The summed E-state index contributed by atoms with van der Waals surface area (Å²) in [7, 11) is 0. The van der Waals surface area contributed by atoms with E-state index in [1.54, 1.807) is 23.9 Å². The van der Waals surface area contributed by atoms with E-state index in [0.717, 1.165) is 0 Å². The molecule has 1 aromatic rings. The molecule has 0 unspecified atom stereocenters. The van der Waals surface area contributed by atoms with Crippen molar-refractivity contribution in [2.24, 2.45) is 0 Å². The zero-order valence-electron chi connectivity index (χ0n) is 9.88. The summed E-state index contributed by atoms with van der Waals surface area (Å²) in [4.78, 5) is 15.7. The maximum Gasteiger partial charge on any atom is 0.254 e. The average molecular weight is 293 g/mol. The third kappa shape index (κ3) is 4.37. The molecule has 1 amide bonds. The fraction of sp³-hybridized carbons (Fsp3) is 0.455. The van der Waals surface area contributed by atoms with E-state index in [1.807, 2.05) is 6.26 Å². The van der Waals surface area contributed by atoms with Gasteiger partial charge in [-0.2, -0.15) is 11.8 Å². The molecule has 0 bridgehead atoms. The molecule has 0 aromatic carbocycles. The van der Waals surface area contributed by atoms with Gasteiger partial charge in [-0.1, -0.05) is 23.2 Å². The summed E-state index contributed by atoms with van der Waals surface area (Å²) in [6.45, 7) is 4.67. The normalized spacial score (nSPS) is 11.4. The van der Waals surface area contributed by atoms with Crippen molar-refractivity contribution in [1.82, 2.24) is 10.3 Å². The third-order valence-corrected chi connectivity index (χ3v) is 4.03. The SMILES string of the molecule is CSC(C)(C)CNC(=O)c1ccc(Cl)nc1Cl. The van der Waals surface area contributed by atoms with E-state index in [4.69, 9.17) is 23.2 Å². The van der Waals surface area contributed by atoms with Gasteiger partial charge < -0.3 is 5.32 Å². The highest BCUT2D eigenvalue weighted by Gasteiger charge is 2.19. The van der Waals surface area contributed by atoms with Crippen LogP contribution in [-0.2, 0) is 0 Å². The van der Waals surface area contributed by atoms with Gasteiger partial charge in [-0.25, -0.2) is 4.98 Å². The highest BCUT2D eigenvalue weighted by molar-refractivity contribution is 7.99. The van der Waals surface area contributed by atoms with Crippen LogP contribution in [0.2, 0.25) is 10.3 Å². The maximum absolute atomic E-state index is 11.9. The number of hydrogen-bond donors (Lipinski definition) is 1. The second kappa shape index (κ2) is 5.94. The topological polar surface area (TPSA) is 42.0 Å². The largest absolute Gasteiger partial charge is 0.351 e. The van der Waals surface area contributed by atoms with E-state index in [0.29, 0.717) is 12.1 Å². The second-order valence-corrected chi connectivity index (χ2v) is 6.38. The van der Waals surface area contributed by atoms with Crippen molar-refractivity contribution in [2.75, 3.05) is 12.8 Å². The smallest absolute Gasteiger partial charge is 0.254 e. The summed E-state index contributed by atoms with van der Waals surface area (Å²) in [5.41, 5.74) is 0.341. The number of carbonyl (C=O) groups excluding carboxylic acids is 1. The van der Waals surface area contributed by atoms with Gasteiger partial charge in [0.2, 0.25) is 0 Å². The molecule has 0 fully saturated rings. The van der Waals surface area contributed by atoms with Gasteiger partial charge in [-0.05, 0) is 32.2 Å². The van der Waals surface area contributed by atoms with Crippen molar-refractivity contribution in [3.8, 4) is 0 Å². The molecule has 0 saturated carbocycles. The first kappa shape index (κ1) is 14.6. The zero-order chi connectivity index (χ0) is 13.1. The molecule has 1 rings (SSSR count). The van der Waals surface area contributed by atoms with Crippen molar-refractivity contribution in [2.45, 2.75) is 18.6 Å². The quantitative estimate of drug-likeness (QED) is 0.866. The number of nitrogens with one attached hydrogen (secondary N) is 1. The number of pyridine rings is 1. The fourth-order valence-electron chi connectivity index (χ4n) is 1.04. The summed E-state index contributed by atoms with van der Waals surface area (Å²) in [5.74, 6) is -0.235. The van der Waals surface area contributed by atoms with Gasteiger partial charge in [0.05, 0.1) is 5.56 Å². The van der Waals surface area contributed by atoms with Crippen LogP contribution >= 0.6 is 35.0 Å². The lowest BCUT2D eigenvalue weighted by Crippen LogP contribution is -2.36. The summed E-state index contributed by atoms with van der Waals surface area (Å²) < 4.78 is -0.0119. The predicted molar refractivity (Wildman–Crippen MR) is 74.2 cm³/mol. The van der Waals surface area contributed by atoms with Crippen LogP contribution in [0.25, 0.3) is 0 Å². The Morgan fingerprint density at radius 3 is 2.65 bits per heavy atom. The number of hydrogen-bond acceptors (Lipinski definition) is 3. The summed E-state index contributed by atoms with van der Waals surface area (Å²) in [5, 5.41) is 3.22. The van der Waals surface area contributed by atoms with Gasteiger partial charge >= 0.3 is 0 Å². The van der Waals surface area contributed by atoms with Crippen molar-refractivity contribution >= 4 is 40.9 Å². The van der Waals surface area contributed by atoms with Crippen LogP contribution in [0.4, 0.5) is 0 Å². The van der Waals surface area contributed by atoms with Gasteiger partial charge in [0.15, 0.2) is 0 Å². The van der Waals surface area contributed by atoms with Crippen LogP contribution in [-0.4, -0.2) is 28.4 Å². The van der Waals surface area contributed by atoms with E-state index in [1.165, 1.54) is 0 Å². The number of nitrogens with zero attached hydrogens (tertiary/aromatic N) is 1. The Morgan fingerprint density at radius 1 is 1.47 bits per heavy atom. The minimum absolute atomic E-state index is 0.0119. The lowest BCUT2D eigenvalue weighted by atomic mass is 10.2. The lowest BCUT2D eigenvalue weighted by molar-refractivity contribution is 0.0950. The molecule has 0 saturated heterocycles. The van der Waals surface area contributed by atoms with Crippen molar-refractivity contribution in [3.63, 3.8) is 0 Å². The molecule has 0 atom stereocenters. The van der Waals surface area contributed by atoms with E-state index >= 15 is 0 Å². The summed E-state index contributed by atoms with van der Waals surface area (Å²) in [6, 6.07) is 3.11. The monoisotopic (exact) mass is 292 g/mol. The molecular formula is C11H14Cl2N2OS. The van der Waals surface area contributed by atoms with Crippen LogP contribution < -0.4 is 5.32 Å². The van der Waals surface area contributed by atoms with E-state index < -0.39 is 0 Å². The Balaban J connectivity index is 2.71. The standard InChI is InChI=1S/C11H14Cl2N2OS/c1-11(2,17-3)6-14-10(16)7-4-5-8(12)15-9(7)13/h4-5H,6H2,1-3H3,(H,14,16). The first-order valence-corrected chi connectivity index (χ1v) is 6.99. The Hall–Kier alpha value is -0.450. The molecule has 0 spiro atoms. The maximum atomic E-state index is 11.9.